The van der Waals surface area contributed by atoms with Crippen molar-refractivity contribution in [1.82, 2.24) is 5.48 Å². The summed E-state index contributed by atoms with van der Waals surface area (Å²) in [7, 11) is 0. The monoisotopic (exact) mass is 331 g/mol. The number of hydrogen-bond donors (Lipinski definition) is 2. The number of carboxylic acid groups (broad SMARTS) is 1. The predicted molar refractivity (Wildman–Crippen MR) is 89.3 cm³/mol. The molecule has 0 bridgehead atoms. The minimum Gasteiger partial charge on any atom is -0.479 e. The summed E-state index contributed by atoms with van der Waals surface area (Å²) in [4.78, 5) is 27.6. The van der Waals surface area contributed by atoms with Crippen LogP contribution in [0.1, 0.15) is 31.7 Å². The molecular formula is C18H21NO5. The molecule has 2 N–H and O–H groups in total. The van der Waals surface area contributed by atoms with E-state index >= 15 is 0 Å². The van der Waals surface area contributed by atoms with Gasteiger partial charge in [0.1, 0.15) is 6.61 Å². The number of hydrogen-bond acceptors (Lipinski definition) is 4. The standard InChI is InChI=1S/C18H21NO5/c1-2-3-11-16(17(20)21)24-19-18(22)23-12-14-9-6-8-13-7-4-5-10-15(13)14/h4-10,16H,2-3,11-12H2,1H3,(H,19,22)(H,20,21)/t16-/m1/s1. The van der Waals surface area contributed by atoms with Crippen molar-refractivity contribution in [3.05, 3.63) is 48.0 Å². The summed E-state index contributed by atoms with van der Waals surface area (Å²) in [6.45, 7) is 2.02. The molecule has 1 atom stereocenters. The van der Waals surface area contributed by atoms with Crippen molar-refractivity contribution in [2.75, 3.05) is 0 Å². The number of carbonyl (C=O) groups excluding carboxylic acids is 1. The van der Waals surface area contributed by atoms with Crippen LogP contribution >= 0.6 is 0 Å². The summed E-state index contributed by atoms with van der Waals surface area (Å²) < 4.78 is 5.10. The first kappa shape index (κ1) is 17.7. The molecule has 0 aromatic heterocycles. The Morgan fingerprint density at radius 3 is 2.67 bits per heavy atom. The Morgan fingerprint density at radius 2 is 1.92 bits per heavy atom. The van der Waals surface area contributed by atoms with Gasteiger partial charge in [0, 0.05) is 0 Å². The summed E-state index contributed by atoms with van der Waals surface area (Å²) in [6, 6.07) is 13.5. The molecule has 128 valence electrons. The number of nitrogens with one attached hydrogen (secondary N) is 1. The lowest BCUT2D eigenvalue weighted by Crippen LogP contribution is -2.34. The van der Waals surface area contributed by atoms with Gasteiger partial charge in [0.25, 0.3) is 0 Å². The fraction of sp³-hybridized carbons (Fsp3) is 0.333. The van der Waals surface area contributed by atoms with Crippen LogP contribution in [0.5, 0.6) is 0 Å². The van der Waals surface area contributed by atoms with E-state index in [9.17, 15) is 9.59 Å². The first-order valence-electron chi connectivity index (χ1n) is 7.89. The first-order valence-corrected chi connectivity index (χ1v) is 7.89. The molecule has 0 aliphatic rings. The van der Waals surface area contributed by atoms with E-state index in [-0.39, 0.29) is 6.61 Å². The van der Waals surface area contributed by atoms with E-state index in [1.165, 1.54) is 0 Å². The zero-order valence-electron chi connectivity index (χ0n) is 13.5. The molecule has 24 heavy (non-hydrogen) atoms. The van der Waals surface area contributed by atoms with E-state index in [1.54, 1.807) is 0 Å². The van der Waals surface area contributed by atoms with Gasteiger partial charge in [-0.2, -0.15) is 5.48 Å². The number of ether oxygens (including phenoxy) is 1. The maximum atomic E-state index is 11.7. The second-order valence-electron chi connectivity index (χ2n) is 5.40. The van der Waals surface area contributed by atoms with Crippen LogP contribution < -0.4 is 5.48 Å². The second-order valence-corrected chi connectivity index (χ2v) is 5.40. The van der Waals surface area contributed by atoms with Crippen molar-refractivity contribution in [3.8, 4) is 0 Å². The highest BCUT2D eigenvalue weighted by Gasteiger charge is 2.19. The molecule has 0 spiro atoms. The lowest BCUT2D eigenvalue weighted by molar-refractivity contribution is -0.155. The van der Waals surface area contributed by atoms with Gasteiger partial charge in [-0.25, -0.2) is 9.59 Å². The lowest BCUT2D eigenvalue weighted by atomic mass is 10.1. The highest BCUT2D eigenvalue weighted by molar-refractivity contribution is 5.85. The van der Waals surface area contributed by atoms with Crippen molar-refractivity contribution in [2.45, 2.75) is 38.9 Å². The number of unbranched alkanes of at least 4 members (excludes halogenated alkanes) is 1. The van der Waals surface area contributed by atoms with Crippen molar-refractivity contribution >= 4 is 22.8 Å². The maximum Gasteiger partial charge on any atom is 0.431 e. The van der Waals surface area contributed by atoms with Crippen molar-refractivity contribution in [3.63, 3.8) is 0 Å². The van der Waals surface area contributed by atoms with Gasteiger partial charge < -0.3 is 9.84 Å². The molecule has 6 heteroatoms. The van der Waals surface area contributed by atoms with Gasteiger partial charge in [-0.15, -0.1) is 0 Å². The summed E-state index contributed by atoms with van der Waals surface area (Å²) in [5.74, 6) is -1.11. The van der Waals surface area contributed by atoms with Crippen LogP contribution in [0.25, 0.3) is 10.8 Å². The van der Waals surface area contributed by atoms with Crippen LogP contribution in [0.4, 0.5) is 4.79 Å². The van der Waals surface area contributed by atoms with Crippen molar-refractivity contribution in [1.29, 1.82) is 0 Å². The highest BCUT2D eigenvalue weighted by atomic mass is 16.7. The number of carboxylic acids is 1. The average molecular weight is 331 g/mol. The topological polar surface area (TPSA) is 84.9 Å². The molecule has 0 saturated heterocycles. The van der Waals surface area contributed by atoms with E-state index < -0.39 is 18.2 Å². The SMILES string of the molecule is CCCC[C@@H](ONC(=O)OCc1cccc2ccccc12)C(=O)O. The van der Waals surface area contributed by atoms with E-state index in [2.05, 4.69) is 0 Å². The Balaban J connectivity index is 1.87. The number of benzene rings is 2. The van der Waals surface area contributed by atoms with Crippen molar-refractivity contribution in [2.24, 2.45) is 0 Å². The van der Waals surface area contributed by atoms with E-state index in [4.69, 9.17) is 14.7 Å². The fourth-order valence-corrected chi connectivity index (χ4v) is 2.33. The van der Waals surface area contributed by atoms with Crippen LogP contribution in [0.15, 0.2) is 42.5 Å². The molecule has 0 unspecified atom stereocenters. The molecule has 2 aromatic carbocycles. The van der Waals surface area contributed by atoms with Gasteiger partial charge in [0.05, 0.1) is 0 Å². The van der Waals surface area contributed by atoms with Crippen LogP contribution in [0.2, 0.25) is 0 Å². The number of amides is 1. The Kier molecular flexibility index (Phi) is 6.57. The van der Waals surface area contributed by atoms with Crippen LogP contribution in [0.3, 0.4) is 0 Å². The van der Waals surface area contributed by atoms with E-state index in [1.807, 2.05) is 54.9 Å². The van der Waals surface area contributed by atoms with Gasteiger partial charge in [-0.1, -0.05) is 62.2 Å². The minimum absolute atomic E-state index is 0.0727. The molecule has 2 aromatic rings. The normalized spacial score (nSPS) is 11.9. The number of rotatable bonds is 8. The summed E-state index contributed by atoms with van der Waals surface area (Å²) >= 11 is 0. The zero-order chi connectivity index (χ0) is 17.4. The van der Waals surface area contributed by atoms with Crippen molar-refractivity contribution < 1.29 is 24.3 Å². The molecule has 0 aliphatic carbocycles. The number of fused-ring (bicyclic) bond motifs is 1. The molecule has 6 nitrogen and oxygen atoms in total. The third kappa shape index (κ3) is 4.96. The molecule has 0 radical (unpaired) electrons. The van der Waals surface area contributed by atoms with E-state index in [0.717, 1.165) is 22.8 Å². The number of aliphatic carboxylic acids is 1. The molecular weight excluding hydrogens is 310 g/mol. The van der Waals surface area contributed by atoms with Crippen LogP contribution in [0, 0.1) is 0 Å². The highest BCUT2D eigenvalue weighted by Crippen LogP contribution is 2.19. The third-order valence-corrected chi connectivity index (χ3v) is 3.62. The summed E-state index contributed by atoms with van der Waals surface area (Å²) in [5.41, 5.74) is 2.91. The number of carbonyl (C=O) groups is 2. The number of hydroxylamine groups is 1. The molecule has 1 amide bonds. The average Bonchev–Trinajstić information content (AvgIpc) is 2.59. The minimum atomic E-state index is -1.11. The van der Waals surface area contributed by atoms with Gasteiger partial charge in [0.2, 0.25) is 0 Å². The first-order chi connectivity index (χ1) is 11.6. The predicted octanol–water partition coefficient (Wildman–Crippen LogP) is 3.64. The Hall–Kier alpha value is -2.60. The quantitative estimate of drug-likeness (QED) is 0.721. The Morgan fingerprint density at radius 1 is 1.17 bits per heavy atom. The zero-order valence-corrected chi connectivity index (χ0v) is 13.5. The maximum absolute atomic E-state index is 11.7. The lowest BCUT2D eigenvalue weighted by Gasteiger charge is -2.13. The van der Waals surface area contributed by atoms with Gasteiger partial charge in [-0.3, -0.25) is 4.84 Å². The summed E-state index contributed by atoms with van der Waals surface area (Å²) in [6.07, 6.45) is -0.0154. The Bertz CT molecular complexity index is 695. The van der Waals surface area contributed by atoms with Crippen LogP contribution in [-0.4, -0.2) is 23.3 Å². The Labute approximate surface area is 140 Å². The smallest absolute Gasteiger partial charge is 0.431 e. The molecule has 0 heterocycles. The molecule has 0 aliphatic heterocycles. The summed E-state index contributed by atoms with van der Waals surface area (Å²) in [5, 5.41) is 11.1. The van der Waals surface area contributed by atoms with Gasteiger partial charge in [0.15, 0.2) is 6.10 Å². The molecule has 0 saturated carbocycles. The fourth-order valence-electron chi connectivity index (χ4n) is 2.33. The third-order valence-electron chi connectivity index (χ3n) is 3.62. The van der Waals surface area contributed by atoms with E-state index in [0.29, 0.717) is 12.8 Å². The van der Waals surface area contributed by atoms with Crippen LogP contribution in [-0.2, 0) is 21.0 Å². The van der Waals surface area contributed by atoms with Gasteiger partial charge >= 0.3 is 12.1 Å². The molecule has 0 fully saturated rings. The molecule has 2 rings (SSSR count). The van der Waals surface area contributed by atoms with Gasteiger partial charge in [-0.05, 0) is 22.8 Å². The largest absolute Gasteiger partial charge is 0.479 e. The second kappa shape index (κ2) is 8.88.